The van der Waals surface area contributed by atoms with Crippen LogP contribution in [0.1, 0.15) is 47.0 Å². The van der Waals surface area contributed by atoms with Gasteiger partial charge in [-0.15, -0.1) is 0 Å². The lowest BCUT2D eigenvalue weighted by Gasteiger charge is -2.51. The Morgan fingerprint density at radius 2 is 1.58 bits per heavy atom. The van der Waals surface area contributed by atoms with Gasteiger partial charge in [0.2, 0.25) is 0 Å². The first-order chi connectivity index (χ1) is 8.44. The van der Waals surface area contributed by atoms with E-state index in [9.17, 15) is 5.21 Å². The Kier molecular flexibility index (Phi) is 5.05. The van der Waals surface area contributed by atoms with Crippen LogP contribution >= 0.6 is 0 Å². The van der Waals surface area contributed by atoms with Gasteiger partial charge in [0.1, 0.15) is 0 Å². The predicted octanol–water partition coefficient (Wildman–Crippen LogP) is 2.51. The van der Waals surface area contributed by atoms with Crippen LogP contribution in [0.25, 0.3) is 0 Å². The standard InChI is InChI=1S/C15H33N2O2/c1-14(2)11-13(12-15(3,4)16(14)18)19-10-8-9-17(5,6)7/h13,18H,8-12H2,1-7H3/q+1. The van der Waals surface area contributed by atoms with Crippen LogP contribution in [-0.4, -0.2) is 66.2 Å². The molecule has 19 heavy (non-hydrogen) atoms. The number of hydrogen-bond acceptors (Lipinski definition) is 3. The van der Waals surface area contributed by atoms with Crippen molar-refractivity contribution in [2.75, 3.05) is 34.3 Å². The van der Waals surface area contributed by atoms with Crippen molar-refractivity contribution in [1.82, 2.24) is 5.06 Å². The summed E-state index contributed by atoms with van der Waals surface area (Å²) in [5.74, 6) is 0. The fourth-order valence-corrected chi connectivity index (χ4v) is 3.09. The Labute approximate surface area is 118 Å². The molecule has 0 aromatic carbocycles. The number of ether oxygens (including phenoxy) is 1. The van der Waals surface area contributed by atoms with E-state index in [-0.39, 0.29) is 17.2 Å². The second kappa shape index (κ2) is 5.68. The van der Waals surface area contributed by atoms with Crippen LogP contribution in [0.3, 0.4) is 0 Å². The largest absolute Gasteiger partial charge is 0.378 e. The molecule has 114 valence electrons. The Hall–Kier alpha value is -0.160. The zero-order valence-electron chi connectivity index (χ0n) is 13.9. The lowest BCUT2D eigenvalue weighted by molar-refractivity contribution is -0.870. The van der Waals surface area contributed by atoms with Gasteiger partial charge in [0.15, 0.2) is 0 Å². The molecule has 4 heteroatoms. The second-order valence-electron chi connectivity index (χ2n) is 8.21. The monoisotopic (exact) mass is 273 g/mol. The van der Waals surface area contributed by atoms with E-state index in [2.05, 4.69) is 48.8 Å². The molecule has 0 aromatic heterocycles. The van der Waals surface area contributed by atoms with Crippen LogP contribution < -0.4 is 0 Å². The number of nitrogens with zero attached hydrogens (tertiary/aromatic N) is 2. The molecule has 1 heterocycles. The quantitative estimate of drug-likeness (QED) is 0.617. The van der Waals surface area contributed by atoms with Crippen LogP contribution in [0.2, 0.25) is 0 Å². The fraction of sp³-hybridized carbons (Fsp3) is 1.00. The summed E-state index contributed by atoms with van der Waals surface area (Å²) < 4.78 is 7.03. The van der Waals surface area contributed by atoms with Gasteiger partial charge in [0.05, 0.1) is 40.4 Å². The van der Waals surface area contributed by atoms with Gasteiger partial charge >= 0.3 is 0 Å². The maximum Gasteiger partial charge on any atom is 0.0802 e. The highest BCUT2D eigenvalue weighted by molar-refractivity contribution is 4.96. The molecule has 1 N–H and O–H groups in total. The summed E-state index contributed by atoms with van der Waals surface area (Å²) in [6.07, 6.45) is 3.11. The zero-order chi connectivity index (χ0) is 14.9. The number of hydrogen-bond donors (Lipinski definition) is 1. The number of quaternary nitrogens is 1. The average Bonchev–Trinajstić information content (AvgIpc) is 2.19. The smallest absolute Gasteiger partial charge is 0.0802 e. The molecule has 4 nitrogen and oxygen atoms in total. The normalized spacial score (nSPS) is 24.6. The van der Waals surface area contributed by atoms with Crippen molar-refractivity contribution in [1.29, 1.82) is 0 Å². The van der Waals surface area contributed by atoms with E-state index in [1.165, 1.54) is 5.06 Å². The van der Waals surface area contributed by atoms with Crippen molar-refractivity contribution in [3.63, 3.8) is 0 Å². The molecule has 0 saturated carbocycles. The molecule has 0 spiro atoms. The van der Waals surface area contributed by atoms with Gasteiger partial charge in [0, 0.05) is 17.5 Å². The van der Waals surface area contributed by atoms with Crippen LogP contribution in [0.4, 0.5) is 0 Å². The van der Waals surface area contributed by atoms with E-state index in [4.69, 9.17) is 4.74 Å². The highest BCUT2D eigenvalue weighted by Crippen LogP contribution is 2.37. The molecule has 1 fully saturated rings. The minimum atomic E-state index is -0.216. The van der Waals surface area contributed by atoms with Gasteiger partial charge in [-0.3, -0.25) is 0 Å². The van der Waals surface area contributed by atoms with E-state index in [1.54, 1.807) is 0 Å². The lowest BCUT2D eigenvalue weighted by Crippen LogP contribution is -2.60. The SMILES string of the molecule is CC1(C)CC(OCCC[N+](C)(C)C)CC(C)(C)N1O. The van der Waals surface area contributed by atoms with E-state index in [0.29, 0.717) is 0 Å². The van der Waals surface area contributed by atoms with Crippen molar-refractivity contribution in [2.24, 2.45) is 0 Å². The van der Waals surface area contributed by atoms with E-state index in [1.807, 2.05) is 0 Å². The molecule has 1 aliphatic rings. The molecule has 0 atom stereocenters. The summed E-state index contributed by atoms with van der Waals surface area (Å²) in [6.45, 7) is 10.3. The predicted molar refractivity (Wildman–Crippen MR) is 78.3 cm³/mol. The molecule has 1 saturated heterocycles. The molecule has 0 aromatic rings. The number of hydroxylamine groups is 2. The highest BCUT2D eigenvalue weighted by atomic mass is 16.5. The summed E-state index contributed by atoms with van der Waals surface area (Å²) in [5.41, 5.74) is -0.432. The molecule has 0 aliphatic carbocycles. The molecule has 1 rings (SSSR count). The Morgan fingerprint density at radius 3 is 2.00 bits per heavy atom. The van der Waals surface area contributed by atoms with Crippen molar-refractivity contribution >= 4 is 0 Å². The van der Waals surface area contributed by atoms with Gasteiger partial charge in [-0.05, 0) is 40.5 Å². The van der Waals surface area contributed by atoms with Crippen LogP contribution in [0.15, 0.2) is 0 Å². The molecular weight excluding hydrogens is 240 g/mol. The second-order valence-corrected chi connectivity index (χ2v) is 8.21. The summed E-state index contributed by atoms with van der Waals surface area (Å²) in [7, 11) is 6.61. The van der Waals surface area contributed by atoms with E-state index < -0.39 is 0 Å². The number of rotatable bonds is 5. The van der Waals surface area contributed by atoms with Crippen molar-refractivity contribution in [3.05, 3.63) is 0 Å². The molecule has 0 bridgehead atoms. The maximum atomic E-state index is 10.2. The van der Waals surface area contributed by atoms with E-state index in [0.717, 1.165) is 36.9 Å². The molecular formula is C15H33N2O2+. The van der Waals surface area contributed by atoms with Gasteiger partial charge in [-0.1, -0.05) is 0 Å². The van der Waals surface area contributed by atoms with Crippen LogP contribution in [0, 0.1) is 0 Å². The summed E-state index contributed by atoms with van der Waals surface area (Å²) >= 11 is 0. The Bertz CT molecular complexity index is 277. The van der Waals surface area contributed by atoms with Gasteiger partial charge in [0.25, 0.3) is 0 Å². The topological polar surface area (TPSA) is 32.7 Å². The lowest BCUT2D eigenvalue weighted by atomic mass is 9.80. The maximum absolute atomic E-state index is 10.2. The molecule has 0 radical (unpaired) electrons. The highest BCUT2D eigenvalue weighted by Gasteiger charge is 2.45. The first-order valence-electron chi connectivity index (χ1n) is 7.35. The number of piperidine rings is 1. The summed E-state index contributed by atoms with van der Waals surface area (Å²) in [6, 6.07) is 0. The fourth-order valence-electron chi connectivity index (χ4n) is 3.09. The average molecular weight is 273 g/mol. The molecule has 0 unspecified atom stereocenters. The van der Waals surface area contributed by atoms with Crippen LogP contribution in [-0.2, 0) is 4.74 Å². The minimum absolute atomic E-state index is 0.216. The van der Waals surface area contributed by atoms with Gasteiger partial charge in [-0.2, -0.15) is 5.06 Å². The first-order valence-corrected chi connectivity index (χ1v) is 7.35. The third-order valence-electron chi connectivity index (χ3n) is 3.93. The third kappa shape index (κ3) is 5.03. The van der Waals surface area contributed by atoms with E-state index >= 15 is 0 Å². The Balaban J connectivity index is 2.44. The molecule has 1 aliphatic heterocycles. The Morgan fingerprint density at radius 1 is 1.11 bits per heavy atom. The van der Waals surface area contributed by atoms with Gasteiger partial charge < -0.3 is 14.4 Å². The first kappa shape index (κ1) is 16.9. The van der Waals surface area contributed by atoms with Gasteiger partial charge in [-0.25, -0.2) is 0 Å². The van der Waals surface area contributed by atoms with Crippen molar-refractivity contribution in [3.8, 4) is 0 Å². The summed E-state index contributed by atoms with van der Waals surface area (Å²) in [5, 5.41) is 11.7. The third-order valence-corrected chi connectivity index (χ3v) is 3.93. The van der Waals surface area contributed by atoms with Crippen molar-refractivity contribution in [2.45, 2.75) is 64.1 Å². The minimum Gasteiger partial charge on any atom is -0.378 e. The van der Waals surface area contributed by atoms with Crippen LogP contribution in [0.5, 0.6) is 0 Å². The van der Waals surface area contributed by atoms with Crippen molar-refractivity contribution < 1.29 is 14.4 Å². The zero-order valence-corrected chi connectivity index (χ0v) is 13.9. The molecule has 0 amide bonds. The summed E-state index contributed by atoms with van der Waals surface area (Å²) in [4.78, 5) is 0.